The Bertz CT molecular complexity index is 1160. The molecule has 3 aromatic rings. The summed E-state index contributed by atoms with van der Waals surface area (Å²) < 4.78 is 1.51. The number of imidazole rings is 1. The second-order valence-electron chi connectivity index (χ2n) is 7.27. The van der Waals surface area contributed by atoms with Gasteiger partial charge in [-0.15, -0.1) is 0 Å². The highest BCUT2D eigenvalue weighted by molar-refractivity contribution is 7.98. The van der Waals surface area contributed by atoms with E-state index in [4.69, 9.17) is 0 Å². The largest absolute Gasteiger partial charge is 0.381 e. The van der Waals surface area contributed by atoms with Gasteiger partial charge in [-0.2, -0.15) is 0 Å². The van der Waals surface area contributed by atoms with Crippen molar-refractivity contribution in [3.63, 3.8) is 0 Å². The Morgan fingerprint density at radius 3 is 2.33 bits per heavy atom. The first kappa shape index (κ1) is 23.9. The monoisotopic (exact) mass is 469 g/mol. The number of aromatic nitrogens is 4. The Morgan fingerprint density at radius 1 is 1.06 bits per heavy atom. The average molecular weight is 470 g/mol. The van der Waals surface area contributed by atoms with Crippen molar-refractivity contribution in [1.29, 1.82) is 0 Å². The van der Waals surface area contributed by atoms with Gasteiger partial charge in [-0.3, -0.25) is 20.4 Å². The van der Waals surface area contributed by atoms with Crippen LogP contribution < -0.4 is 10.9 Å². The number of nitro groups is 1. The van der Waals surface area contributed by atoms with Crippen molar-refractivity contribution < 1.29 is 14.5 Å². The lowest BCUT2D eigenvalue weighted by molar-refractivity contribution is -0.389. The van der Waals surface area contributed by atoms with E-state index >= 15 is 0 Å². The Labute approximate surface area is 194 Å². The van der Waals surface area contributed by atoms with Crippen LogP contribution in [0.3, 0.4) is 0 Å². The molecule has 0 spiro atoms. The van der Waals surface area contributed by atoms with E-state index in [1.807, 2.05) is 32.0 Å². The van der Waals surface area contributed by atoms with E-state index < -0.39 is 16.7 Å². The SMILES string of the molecule is Cc1cc(C)nc(SCc2ccc(C(=O)NNC(=O)CCn3cc([N+](=O)[O-])nc3C)cc2)n1. The summed E-state index contributed by atoms with van der Waals surface area (Å²) in [5.41, 5.74) is 7.95. The molecule has 12 heteroatoms. The van der Waals surface area contributed by atoms with Gasteiger partial charge in [-0.25, -0.2) is 9.97 Å². The molecule has 2 amide bonds. The molecule has 0 saturated heterocycles. The van der Waals surface area contributed by atoms with Crippen LogP contribution in [0.15, 0.2) is 41.7 Å². The van der Waals surface area contributed by atoms with Crippen molar-refractivity contribution in [3.8, 4) is 0 Å². The lowest BCUT2D eigenvalue weighted by Gasteiger charge is -2.08. The van der Waals surface area contributed by atoms with Crippen LogP contribution in [0, 0.1) is 30.9 Å². The average Bonchev–Trinajstić information content (AvgIpc) is 3.15. The van der Waals surface area contributed by atoms with Crippen LogP contribution in [0.4, 0.5) is 5.82 Å². The molecule has 2 heterocycles. The summed E-state index contributed by atoms with van der Waals surface area (Å²) in [5, 5.41) is 11.5. The minimum absolute atomic E-state index is 0.0191. The van der Waals surface area contributed by atoms with E-state index in [0.29, 0.717) is 22.3 Å². The molecule has 33 heavy (non-hydrogen) atoms. The maximum atomic E-state index is 12.3. The van der Waals surface area contributed by atoms with Gasteiger partial charge in [-0.05, 0) is 47.5 Å². The first-order chi connectivity index (χ1) is 15.7. The summed E-state index contributed by atoms with van der Waals surface area (Å²) in [6.07, 6.45) is 1.29. The molecule has 0 radical (unpaired) electrons. The highest BCUT2D eigenvalue weighted by Gasteiger charge is 2.16. The third kappa shape index (κ3) is 6.84. The molecular formula is C21H23N7O4S. The number of hydrogen-bond donors (Lipinski definition) is 2. The first-order valence-electron chi connectivity index (χ1n) is 10.0. The van der Waals surface area contributed by atoms with E-state index in [1.165, 1.54) is 22.5 Å². The molecule has 0 fully saturated rings. The number of nitrogens with zero attached hydrogens (tertiary/aromatic N) is 5. The highest BCUT2D eigenvalue weighted by atomic mass is 32.2. The molecule has 0 unspecified atom stereocenters. The normalized spacial score (nSPS) is 10.6. The third-order valence-electron chi connectivity index (χ3n) is 4.59. The predicted octanol–water partition coefficient (Wildman–Crippen LogP) is 2.65. The second kappa shape index (κ2) is 10.7. The molecular weight excluding hydrogens is 446 g/mol. The van der Waals surface area contributed by atoms with E-state index in [9.17, 15) is 19.7 Å². The van der Waals surface area contributed by atoms with Crippen LogP contribution in [0.2, 0.25) is 0 Å². The van der Waals surface area contributed by atoms with Crippen molar-refractivity contribution in [2.24, 2.45) is 0 Å². The van der Waals surface area contributed by atoms with Crippen LogP contribution in [-0.2, 0) is 17.1 Å². The number of hydrogen-bond acceptors (Lipinski definition) is 8. The molecule has 1 aromatic carbocycles. The zero-order chi connectivity index (χ0) is 24.0. The van der Waals surface area contributed by atoms with E-state index in [2.05, 4.69) is 25.8 Å². The summed E-state index contributed by atoms with van der Waals surface area (Å²) in [6, 6.07) is 8.94. The van der Waals surface area contributed by atoms with Crippen molar-refractivity contribution >= 4 is 29.4 Å². The van der Waals surface area contributed by atoms with E-state index in [1.54, 1.807) is 19.1 Å². The molecule has 0 aliphatic rings. The Hall–Kier alpha value is -3.80. The minimum atomic E-state index is -0.592. The topological polar surface area (TPSA) is 145 Å². The van der Waals surface area contributed by atoms with E-state index in [0.717, 1.165) is 17.0 Å². The number of carbonyl (C=O) groups is 2. The molecule has 3 rings (SSSR count). The van der Waals surface area contributed by atoms with Crippen LogP contribution in [0.1, 0.15) is 39.6 Å². The molecule has 2 N–H and O–H groups in total. The fraction of sp³-hybridized carbons (Fsp3) is 0.286. The standard InChI is InChI=1S/C21H23N7O4S/c1-13-10-14(2)23-21(22-13)33-12-16-4-6-17(7-5-16)20(30)26-25-19(29)8-9-27-11-18(28(31)32)24-15(27)3/h4-7,10-11H,8-9,12H2,1-3H3,(H,25,29)(H,26,30). The van der Waals surface area contributed by atoms with Gasteiger partial charge in [0.25, 0.3) is 5.91 Å². The molecule has 11 nitrogen and oxygen atoms in total. The number of carbonyl (C=O) groups excluding carboxylic acids is 2. The zero-order valence-corrected chi connectivity index (χ0v) is 19.2. The van der Waals surface area contributed by atoms with Gasteiger partial charge in [0, 0.05) is 42.6 Å². The van der Waals surface area contributed by atoms with Crippen LogP contribution in [0.25, 0.3) is 0 Å². The molecule has 172 valence electrons. The number of rotatable bonds is 8. The highest BCUT2D eigenvalue weighted by Crippen LogP contribution is 2.20. The smallest absolute Gasteiger partial charge is 0.358 e. The predicted molar refractivity (Wildman–Crippen MR) is 121 cm³/mol. The quantitative estimate of drug-likeness (QED) is 0.222. The van der Waals surface area contributed by atoms with Gasteiger partial charge in [0.05, 0.1) is 0 Å². The summed E-state index contributed by atoms with van der Waals surface area (Å²) in [6.45, 7) is 5.67. The summed E-state index contributed by atoms with van der Waals surface area (Å²) in [5.74, 6) is -0.0615. The van der Waals surface area contributed by atoms with Crippen molar-refractivity contribution in [3.05, 3.63) is 75.0 Å². The number of thioether (sulfide) groups is 1. The molecule has 0 atom stereocenters. The number of nitrogens with one attached hydrogen (secondary N) is 2. The number of amides is 2. The first-order valence-corrected chi connectivity index (χ1v) is 11.0. The van der Waals surface area contributed by atoms with Gasteiger partial charge >= 0.3 is 5.82 Å². The molecule has 0 aliphatic carbocycles. The van der Waals surface area contributed by atoms with E-state index in [-0.39, 0.29) is 18.8 Å². The molecule has 0 bridgehead atoms. The van der Waals surface area contributed by atoms with Gasteiger partial charge in [0.1, 0.15) is 6.20 Å². The Morgan fingerprint density at radius 2 is 1.73 bits per heavy atom. The maximum absolute atomic E-state index is 12.3. The summed E-state index contributed by atoms with van der Waals surface area (Å²) in [4.78, 5) is 47.1. The lowest BCUT2D eigenvalue weighted by atomic mass is 10.1. The fourth-order valence-corrected chi connectivity index (χ4v) is 3.85. The minimum Gasteiger partial charge on any atom is -0.358 e. The summed E-state index contributed by atoms with van der Waals surface area (Å²) in [7, 11) is 0. The number of aryl methyl sites for hydroxylation is 4. The van der Waals surface area contributed by atoms with Crippen molar-refractivity contribution in [2.75, 3.05) is 0 Å². The molecule has 0 saturated carbocycles. The fourth-order valence-electron chi connectivity index (χ4n) is 2.95. The van der Waals surface area contributed by atoms with Crippen molar-refractivity contribution in [2.45, 2.75) is 44.6 Å². The zero-order valence-electron chi connectivity index (χ0n) is 18.4. The Kier molecular flexibility index (Phi) is 7.72. The van der Waals surface area contributed by atoms with Gasteiger partial charge < -0.3 is 14.7 Å². The lowest BCUT2D eigenvalue weighted by Crippen LogP contribution is -2.41. The third-order valence-corrected chi connectivity index (χ3v) is 5.51. The number of benzene rings is 1. The van der Waals surface area contributed by atoms with Crippen LogP contribution >= 0.6 is 11.8 Å². The van der Waals surface area contributed by atoms with Crippen LogP contribution in [0.5, 0.6) is 0 Å². The molecule has 0 aliphatic heterocycles. The number of hydrazine groups is 1. The summed E-state index contributed by atoms with van der Waals surface area (Å²) >= 11 is 1.51. The maximum Gasteiger partial charge on any atom is 0.381 e. The second-order valence-corrected chi connectivity index (χ2v) is 8.21. The van der Waals surface area contributed by atoms with Gasteiger partial charge in [0.15, 0.2) is 5.16 Å². The Balaban J connectivity index is 1.45. The van der Waals surface area contributed by atoms with Gasteiger partial charge in [-0.1, -0.05) is 23.9 Å². The van der Waals surface area contributed by atoms with Crippen LogP contribution in [-0.4, -0.2) is 36.3 Å². The van der Waals surface area contributed by atoms with Crippen molar-refractivity contribution in [1.82, 2.24) is 30.4 Å². The van der Waals surface area contributed by atoms with Gasteiger partial charge in [0.2, 0.25) is 11.7 Å². The molecule has 2 aromatic heterocycles.